The van der Waals surface area contributed by atoms with E-state index in [0.717, 1.165) is 9.91 Å². The molecule has 1 aromatic heterocycles. The van der Waals surface area contributed by atoms with E-state index in [0.29, 0.717) is 5.76 Å². The van der Waals surface area contributed by atoms with Crippen molar-refractivity contribution in [2.45, 2.75) is 42.1 Å². The number of amides is 6. The molecular weight excluding hydrogens is 544 g/mol. The number of hydrogen-bond acceptors (Lipinski definition) is 9. The molecule has 15 heteroatoms. The summed E-state index contributed by atoms with van der Waals surface area (Å²) in [6, 6.07) is 3.86. The summed E-state index contributed by atoms with van der Waals surface area (Å²) >= 11 is 1.27. The van der Waals surface area contributed by atoms with Crippen LogP contribution in [0.5, 0.6) is 5.75 Å². The van der Waals surface area contributed by atoms with Gasteiger partial charge >= 0.3 is 18.0 Å². The second-order valence-electron chi connectivity index (χ2n) is 9.88. The number of rotatable bonds is 7. The number of hydrogen-bond donors (Lipinski definition) is 4. The molecule has 4 atom stereocenters. The molecule has 3 fully saturated rings. The summed E-state index contributed by atoms with van der Waals surface area (Å²) in [7, 11) is 0. The largest absolute Gasteiger partial charge is 0.508 e. The minimum absolute atomic E-state index is 0.00449. The van der Waals surface area contributed by atoms with E-state index in [4.69, 9.17) is 4.42 Å². The van der Waals surface area contributed by atoms with Crippen LogP contribution in [-0.2, 0) is 14.4 Å². The van der Waals surface area contributed by atoms with Gasteiger partial charge in [0.1, 0.15) is 35.0 Å². The highest BCUT2D eigenvalue weighted by Gasteiger charge is 2.64. The summed E-state index contributed by atoms with van der Waals surface area (Å²) in [5.74, 6) is -2.07. The summed E-state index contributed by atoms with van der Waals surface area (Å²) in [4.78, 5) is 66.2. The van der Waals surface area contributed by atoms with Gasteiger partial charge in [0.05, 0.1) is 25.6 Å². The van der Waals surface area contributed by atoms with Crippen LogP contribution in [0.1, 0.15) is 31.2 Å². The average Bonchev–Trinajstić information content (AvgIpc) is 3.61. The zero-order valence-corrected chi connectivity index (χ0v) is 22.2. The number of imide groups is 1. The van der Waals surface area contributed by atoms with Crippen molar-refractivity contribution in [1.82, 2.24) is 25.4 Å². The first-order valence-corrected chi connectivity index (χ1v) is 13.1. The van der Waals surface area contributed by atoms with Crippen LogP contribution in [-0.4, -0.2) is 96.4 Å². The summed E-state index contributed by atoms with van der Waals surface area (Å²) < 4.78 is 4.37. The first-order valence-electron chi connectivity index (χ1n) is 12.3. The Morgan fingerprint density at radius 2 is 1.90 bits per heavy atom. The molecule has 0 saturated carbocycles. The highest BCUT2D eigenvalue weighted by molar-refractivity contribution is 8.01. The molecular formula is C25H26N6O8S. The number of carboxylic acid groups (broad SMARTS) is 1. The van der Waals surface area contributed by atoms with Crippen LogP contribution in [0.4, 0.5) is 9.59 Å². The zero-order chi connectivity index (χ0) is 28.8. The summed E-state index contributed by atoms with van der Waals surface area (Å²) in [6.07, 6.45) is 2.79. The van der Waals surface area contributed by atoms with Crippen molar-refractivity contribution in [2.75, 3.05) is 13.1 Å². The normalized spacial score (nSPS) is 24.1. The molecule has 0 bridgehead atoms. The van der Waals surface area contributed by atoms with Gasteiger partial charge in [0, 0.05) is 4.75 Å². The van der Waals surface area contributed by atoms with E-state index in [1.54, 1.807) is 26.0 Å². The number of β-lactam (4-membered cyclic amide) rings is 1. The molecule has 14 nitrogen and oxygen atoms in total. The van der Waals surface area contributed by atoms with Gasteiger partial charge in [-0.2, -0.15) is 5.10 Å². The molecule has 4 heterocycles. The number of phenolic OH excluding ortho intramolecular Hbond substituents is 1. The van der Waals surface area contributed by atoms with E-state index in [2.05, 4.69) is 15.7 Å². The third-order valence-corrected chi connectivity index (χ3v) is 8.40. The van der Waals surface area contributed by atoms with Gasteiger partial charge in [0.15, 0.2) is 0 Å². The molecule has 3 aliphatic rings. The number of nitrogens with one attached hydrogen (secondary N) is 2. The van der Waals surface area contributed by atoms with Crippen molar-refractivity contribution in [3.63, 3.8) is 0 Å². The van der Waals surface area contributed by atoms with Gasteiger partial charge in [-0.15, -0.1) is 11.8 Å². The van der Waals surface area contributed by atoms with Gasteiger partial charge < -0.3 is 30.2 Å². The molecule has 0 unspecified atom stereocenters. The number of thioether (sulfide) groups is 1. The van der Waals surface area contributed by atoms with Crippen molar-refractivity contribution in [2.24, 2.45) is 5.10 Å². The first-order chi connectivity index (χ1) is 19.0. The number of fused-ring (bicyclic) bond motifs is 1. The third-order valence-electron chi connectivity index (χ3n) is 6.83. The molecule has 4 N–H and O–H groups in total. The number of benzene rings is 1. The van der Waals surface area contributed by atoms with E-state index in [-0.39, 0.29) is 24.4 Å². The van der Waals surface area contributed by atoms with Crippen LogP contribution in [0.15, 0.2) is 52.2 Å². The molecule has 210 valence electrons. The number of furan rings is 1. The highest BCUT2D eigenvalue weighted by atomic mass is 32.2. The Morgan fingerprint density at radius 3 is 2.55 bits per heavy atom. The van der Waals surface area contributed by atoms with Crippen LogP contribution < -0.4 is 10.6 Å². The molecule has 40 heavy (non-hydrogen) atoms. The van der Waals surface area contributed by atoms with Crippen molar-refractivity contribution >= 4 is 47.8 Å². The standard InChI is InChI=1S/C25H26N6O8S/c1-25(2)18(22(35)36)31-20(34)17(21(31)40-25)27-19(33)16(13-5-7-14(32)8-6-13)28-23(37)29-9-10-30(24(29)38)26-12-15-4-3-11-39-15/h3-8,11-12,16-18,21,32H,9-10H2,1-2H3,(H,27,33)(H,28,37)(H,35,36)/b26-12+/t16-,17+,18-,21+/m0/s1. The highest BCUT2D eigenvalue weighted by Crippen LogP contribution is 2.50. The van der Waals surface area contributed by atoms with Crippen LogP contribution >= 0.6 is 11.8 Å². The van der Waals surface area contributed by atoms with E-state index >= 15 is 0 Å². The lowest BCUT2D eigenvalue weighted by atomic mass is 9.95. The van der Waals surface area contributed by atoms with Gasteiger partial charge in [-0.25, -0.2) is 24.3 Å². The van der Waals surface area contributed by atoms with Gasteiger partial charge in [0.25, 0.3) is 0 Å². The maximum atomic E-state index is 13.4. The molecule has 0 aliphatic carbocycles. The minimum Gasteiger partial charge on any atom is -0.508 e. The summed E-state index contributed by atoms with van der Waals surface area (Å²) in [5.41, 5.74) is 0.287. The molecule has 0 radical (unpaired) electrons. The summed E-state index contributed by atoms with van der Waals surface area (Å²) in [6.45, 7) is 3.56. The Balaban J connectivity index is 1.30. The molecule has 6 amide bonds. The lowest BCUT2D eigenvalue weighted by molar-refractivity contribution is -0.161. The van der Waals surface area contributed by atoms with Crippen molar-refractivity contribution in [3.05, 3.63) is 54.0 Å². The number of phenols is 1. The molecule has 1 aromatic carbocycles. The van der Waals surface area contributed by atoms with Crippen molar-refractivity contribution < 1.29 is 38.6 Å². The molecule has 2 aromatic rings. The maximum absolute atomic E-state index is 13.4. The van der Waals surface area contributed by atoms with E-state index < -0.39 is 58.1 Å². The lowest BCUT2D eigenvalue weighted by Crippen LogP contribution is -2.71. The van der Waals surface area contributed by atoms with Crippen LogP contribution in [0.2, 0.25) is 0 Å². The fraction of sp³-hybridized carbons (Fsp3) is 0.360. The minimum atomic E-state index is -1.34. The number of carboxylic acids is 1. The van der Waals surface area contributed by atoms with Gasteiger partial charge in [-0.3, -0.25) is 9.59 Å². The second kappa shape index (κ2) is 10.2. The molecule has 3 aliphatic heterocycles. The topological polar surface area (TPSA) is 185 Å². The number of aliphatic carboxylic acids is 1. The third kappa shape index (κ3) is 4.83. The number of urea groups is 2. The quantitative estimate of drug-likeness (QED) is 0.280. The smallest absolute Gasteiger partial charge is 0.348 e. The van der Waals surface area contributed by atoms with Crippen molar-refractivity contribution in [3.8, 4) is 5.75 Å². The summed E-state index contributed by atoms with van der Waals surface area (Å²) in [5, 5.41) is 29.0. The zero-order valence-electron chi connectivity index (χ0n) is 21.4. The van der Waals surface area contributed by atoms with Gasteiger partial charge in [0.2, 0.25) is 11.8 Å². The Hall–Kier alpha value is -4.53. The number of aromatic hydroxyl groups is 1. The molecule has 0 spiro atoms. The Kier molecular flexibility index (Phi) is 6.91. The van der Waals surface area contributed by atoms with Crippen molar-refractivity contribution in [1.29, 1.82) is 0 Å². The van der Waals surface area contributed by atoms with Crippen LogP contribution in [0, 0.1) is 0 Å². The number of carbonyl (C=O) groups excluding carboxylic acids is 4. The Morgan fingerprint density at radius 1 is 1.18 bits per heavy atom. The first kappa shape index (κ1) is 27.1. The predicted molar refractivity (Wildman–Crippen MR) is 140 cm³/mol. The van der Waals surface area contributed by atoms with Gasteiger partial charge in [-0.05, 0) is 43.7 Å². The van der Waals surface area contributed by atoms with Crippen LogP contribution in [0.3, 0.4) is 0 Å². The van der Waals surface area contributed by atoms with E-state index in [1.165, 1.54) is 53.4 Å². The average molecular weight is 571 g/mol. The number of hydrazone groups is 1. The van der Waals surface area contributed by atoms with E-state index in [9.17, 15) is 34.2 Å². The maximum Gasteiger partial charge on any atom is 0.348 e. The lowest BCUT2D eigenvalue weighted by Gasteiger charge is -2.44. The van der Waals surface area contributed by atoms with E-state index in [1.807, 2.05) is 0 Å². The number of carbonyl (C=O) groups is 5. The Labute approximate surface area is 232 Å². The van der Waals surface area contributed by atoms with Crippen LogP contribution in [0.25, 0.3) is 0 Å². The fourth-order valence-electron chi connectivity index (χ4n) is 4.86. The van der Waals surface area contributed by atoms with Gasteiger partial charge in [-0.1, -0.05) is 12.1 Å². The molecule has 5 rings (SSSR count). The molecule has 3 saturated heterocycles. The fourth-order valence-corrected chi connectivity index (χ4v) is 6.49. The predicted octanol–water partition coefficient (Wildman–Crippen LogP) is 1.14. The Bertz CT molecular complexity index is 1380. The second-order valence-corrected chi connectivity index (χ2v) is 11.6. The number of nitrogens with zero attached hydrogens (tertiary/aromatic N) is 4. The monoisotopic (exact) mass is 570 g/mol. The SMILES string of the molecule is CC1(C)S[C@@H]2[C@H](NC(=O)[C@@H](NC(=O)N3CCN(/N=C/c4ccco4)C3=O)c3ccc(O)cc3)C(=O)N2[C@H]1C(=O)O.